The zero-order chi connectivity index (χ0) is 15.4. The van der Waals surface area contributed by atoms with Crippen molar-refractivity contribution in [1.82, 2.24) is 0 Å². The van der Waals surface area contributed by atoms with Crippen molar-refractivity contribution in [2.75, 3.05) is 0 Å². The Labute approximate surface area is 157 Å². The molecule has 0 heterocycles. The van der Waals surface area contributed by atoms with Gasteiger partial charge in [-0.25, -0.2) is 0 Å². The van der Waals surface area contributed by atoms with E-state index in [0.29, 0.717) is 5.75 Å². The molecule has 120 valence electrons. The summed E-state index contributed by atoms with van der Waals surface area (Å²) in [5.74, 6) is 0.363. The molecule has 0 saturated heterocycles. The van der Waals surface area contributed by atoms with Crippen LogP contribution in [0.4, 0.5) is 0 Å². The van der Waals surface area contributed by atoms with Crippen LogP contribution in [0.15, 0.2) is 24.3 Å². The van der Waals surface area contributed by atoms with Gasteiger partial charge in [-0.2, -0.15) is 8.42 Å². The minimum absolute atomic E-state index is 0. The molecular formula is C14H26CaO5S. The van der Waals surface area contributed by atoms with Crippen LogP contribution in [0.5, 0.6) is 5.75 Å². The van der Waals surface area contributed by atoms with Crippen LogP contribution < -0.4 is 0 Å². The van der Waals surface area contributed by atoms with Crippen LogP contribution >= 0.6 is 0 Å². The fraction of sp³-hybridized carbons (Fsp3) is 0.571. The number of phenols is 1. The van der Waals surface area contributed by atoms with Crippen LogP contribution in [-0.2, 0) is 16.8 Å². The van der Waals surface area contributed by atoms with Gasteiger partial charge in [0.1, 0.15) is 5.75 Å². The number of hydrogen-bond donors (Lipinski definition) is 3. The van der Waals surface area contributed by atoms with E-state index in [0.717, 1.165) is 6.42 Å². The van der Waals surface area contributed by atoms with Crippen molar-refractivity contribution in [3.8, 4) is 5.75 Å². The van der Waals surface area contributed by atoms with E-state index in [-0.39, 0.29) is 37.7 Å². The fourth-order valence-electron chi connectivity index (χ4n) is 1.77. The number of aromatic hydroxyl groups is 1. The van der Waals surface area contributed by atoms with Gasteiger partial charge in [0.05, 0.1) is 0 Å². The number of benzene rings is 1. The quantitative estimate of drug-likeness (QED) is 0.401. The second-order valence-corrected chi connectivity index (χ2v) is 5.53. The molecule has 0 fully saturated rings. The second kappa shape index (κ2) is 13.8. The Bertz CT molecular complexity index is 437. The van der Waals surface area contributed by atoms with Gasteiger partial charge in [-0.15, -0.1) is 0 Å². The Morgan fingerprint density at radius 1 is 0.905 bits per heavy atom. The Balaban J connectivity index is 0. The molecule has 21 heavy (non-hydrogen) atoms. The first-order valence-corrected chi connectivity index (χ1v) is 8.20. The fourth-order valence-corrected chi connectivity index (χ4v) is 1.77. The third-order valence-corrected chi connectivity index (χ3v) is 2.76. The average Bonchev–Trinajstić information content (AvgIpc) is 2.34. The third kappa shape index (κ3) is 20.1. The molecule has 0 spiro atoms. The van der Waals surface area contributed by atoms with Crippen LogP contribution in [0.1, 0.15) is 51.0 Å². The number of phenolic OH excluding ortho intramolecular Hbond substituents is 1. The monoisotopic (exact) mass is 346 g/mol. The first kappa shape index (κ1) is 23.4. The van der Waals surface area contributed by atoms with Crippen LogP contribution in [0.2, 0.25) is 0 Å². The minimum atomic E-state index is -4.67. The van der Waals surface area contributed by atoms with Gasteiger partial charge in [0.15, 0.2) is 0 Å². The first-order chi connectivity index (χ1) is 9.33. The molecule has 1 rings (SSSR count). The van der Waals surface area contributed by atoms with Crippen molar-refractivity contribution < 1.29 is 22.6 Å². The number of rotatable bonds is 7. The summed E-state index contributed by atoms with van der Waals surface area (Å²) >= 11 is 0. The molecule has 0 unspecified atom stereocenters. The molecule has 0 atom stereocenters. The topological polar surface area (TPSA) is 94.8 Å². The van der Waals surface area contributed by atoms with Gasteiger partial charge in [0.2, 0.25) is 0 Å². The molecule has 1 aromatic rings. The molecule has 5 nitrogen and oxygen atoms in total. The number of aryl methyl sites for hydroxylation is 1. The normalized spacial score (nSPS) is 10.2. The molecule has 0 aliphatic heterocycles. The van der Waals surface area contributed by atoms with Crippen molar-refractivity contribution in [2.24, 2.45) is 0 Å². The summed E-state index contributed by atoms with van der Waals surface area (Å²) in [6.07, 6.45) is 9.19. The van der Waals surface area contributed by atoms with E-state index in [9.17, 15) is 0 Å². The van der Waals surface area contributed by atoms with Crippen molar-refractivity contribution in [3.63, 3.8) is 0 Å². The second-order valence-electron chi connectivity index (χ2n) is 4.63. The van der Waals surface area contributed by atoms with E-state index in [1.165, 1.54) is 44.1 Å². The number of unbranched alkanes of at least 4 members (excludes halogenated alkanes) is 5. The van der Waals surface area contributed by atoms with Gasteiger partial charge in [-0.3, -0.25) is 9.11 Å². The predicted molar refractivity (Wildman–Crippen MR) is 87.9 cm³/mol. The maximum absolute atomic E-state index is 9.13. The molecule has 3 N–H and O–H groups in total. The summed E-state index contributed by atoms with van der Waals surface area (Å²) in [6.45, 7) is 2.25. The van der Waals surface area contributed by atoms with Crippen molar-refractivity contribution in [3.05, 3.63) is 29.8 Å². The van der Waals surface area contributed by atoms with E-state index in [1.807, 2.05) is 12.1 Å². The van der Waals surface area contributed by atoms with E-state index < -0.39 is 10.4 Å². The standard InChI is InChI=1S/C14H22O.Ca.H2O4S.2H/c1-2-3-4-5-6-7-8-13-9-11-14(15)12-10-13;;1-5(2,3)4;;/h9-12,15H,2-8H2,1H3;;(H2,1,2,3,4);;. The predicted octanol–water partition coefficient (Wildman–Crippen LogP) is 2.73. The van der Waals surface area contributed by atoms with Gasteiger partial charge < -0.3 is 5.11 Å². The van der Waals surface area contributed by atoms with E-state index in [4.69, 9.17) is 22.6 Å². The average molecular weight is 347 g/mol. The molecule has 0 aliphatic carbocycles. The van der Waals surface area contributed by atoms with Crippen molar-refractivity contribution in [1.29, 1.82) is 0 Å². The molecule has 0 aliphatic rings. The molecule has 7 heteroatoms. The van der Waals surface area contributed by atoms with Crippen LogP contribution in [0.25, 0.3) is 0 Å². The van der Waals surface area contributed by atoms with Gasteiger partial charge in [0, 0.05) is 0 Å². The summed E-state index contributed by atoms with van der Waals surface area (Å²) < 4.78 is 31.6. The number of hydrogen-bond acceptors (Lipinski definition) is 3. The zero-order valence-corrected chi connectivity index (χ0v) is 12.6. The van der Waals surface area contributed by atoms with Gasteiger partial charge in [-0.1, -0.05) is 51.2 Å². The Morgan fingerprint density at radius 2 is 1.33 bits per heavy atom. The van der Waals surface area contributed by atoms with Crippen LogP contribution in [0, 0.1) is 0 Å². The summed E-state index contributed by atoms with van der Waals surface area (Å²) in [6, 6.07) is 7.57. The third-order valence-electron chi connectivity index (χ3n) is 2.76. The van der Waals surface area contributed by atoms with E-state index >= 15 is 0 Å². The van der Waals surface area contributed by atoms with Gasteiger partial charge >= 0.3 is 48.1 Å². The summed E-state index contributed by atoms with van der Waals surface area (Å²) in [5, 5.41) is 9.13. The molecule has 1 aromatic carbocycles. The Hall–Kier alpha value is 0.150. The molecular weight excluding hydrogens is 320 g/mol. The zero-order valence-electron chi connectivity index (χ0n) is 11.8. The molecule has 0 radical (unpaired) electrons. The Kier molecular flexibility index (Phi) is 15.4. The van der Waals surface area contributed by atoms with Crippen molar-refractivity contribution >= 4 is 48.1 Å². The SMILES string of the molecule is CCCCCCCCc1ccc(O)cc1.O=S(=O)(O)O.[CaH2]. The maximum atomic E-state index is 9.13. The Morgan fingerprint density at radius 3 is 1.81 bits per heavy atom. The van der Waals surface area contributed by atoms with Gasteiger partial charge in [-0.05, 0) is 30.5 Å². The summed E-state index contributed by atoms with van der Waals surface area (Å²) in [7, 11) is -4.67. The molecule has 0 amide bonds. The van der Waals surface area contributed by atoms with E-state index in [2.05, 4.69) is 6.92 Å². The molecule has 0 bridgehead atoms. The van der Waals surface area contributed by atoms with Crippen LogP contribution in [0.3, 0.4) is 0 Å². The van der Waals surface area contributed by atoms with Gasteiger partial charge in [0.25, 0.3) is 0 Å². The summed E-state index contributed by atoms with van der Waals surface area (Å²) in [5.41, 5.74) is 1.34. The van der Waals surface area contributed by atoms with Crippen molar-refractivity contribution in [2.45, 2.75) is 51.9 Å². The van der Waals surface area contributed by atoms with E-state index in [1.54, 1.807) is 12.1 Å². The molecule has 0 aromatic heterocycles. The first-order valence-electron chi connectivity index (χ1n) is 6.80. The molecule has 0 saturated carbocycles. The summed E-state index contributed by atoms with van der Waals surface area (Å²) in [4.78, 5) is 0. The van der Waals surface area contributed by atoms with Crippen LogP contribution in [-0.4, -0.2) is 60.4 Å².